The van der Waals surface area contributed by atoms with E-state index >= 15 is 0 Å². The topological polar surface area (TPSA) is 49.0 Å². The summed E-state index contributed by atoms with van der Waals surface area (Å²) < 4.78 is 0. The molecule has 0 amide bonds. The molecule has 5 heteroatoms. The van der Waals surface area contributed by atoms with Gasteiger partial charge in [-0.2, -0.15) is 0 Å². The van der Waals surface area contributed by atoms with E-state index < -0.39 is 0 Å². The molecule has 0 radical (unpaired) electrons. The lowest BCUT2D eigenvalue weighted by atomic mass is 10.0. The summed E-state index contributed by atoms with van der Waals surface area (Å²) in [5, 5.41) is 2.00. The van der Waals surface area contributed by atoms with Gasteiger partial charge in [-0.3, -0.25) is 9.69 Å². The largest absolute Gasteiger partial charge is 0.306 e. The molecular formula is C19H19N3OS. The maximum Gasteiger partial charge on any atom is 0.254 e. The van der Waals surface area contributed by atoms with Gasteiger partial charge in [-0.05, 0) is 35.9 Å². The number of rotatable bonds is 3. The molecule has 3 heterocycles. The standard InChI is InChI=1S/C19H19N3OS/c1-13-5-2-3-6-14(13)11-22-9-8-15-16(12-22)20-18(21-19(15)23)17-7-4-10-24-17/h2-7,10H,8-9,11-12H2,1H3,(H,20,21,23). The van der Waals surface area contributed by atoms with Crippen molar-refractivity contribution in [1.29, 1.82) is 0 Å². The van der Waals surface area contributed by atoms with Crippen LogP contribution in [0, 0.1) is 6.92 Å². The number of aryl methyl sites for hydroxylation is 1. The highest BCUT2D eigenvalue weighted by Gasteiger charge is 2.21. The van der Waals surface area contributed by atoms with Crippen molar-refractivity contribution in [3.8, 4) is 10.7 Å². The molecule has 1 aromatic carbocycles. The number of hydrogen-bond acceptors (Lipinski definition) is 4. The lowest BCUT2D eigenvalue weighted by Crippen LogP contribution is -2.35. The lowest BCUT2D eigenvalue weighted by molar-refractivity contribution is 0.240. The Morgan fingerprint density at radius 1 is 1.25 bits per heavy atom. The molecule has 24 heavy (non-hydrogen) atoms. The van der Waals surface area contributed by atoms with Crippen molar-refractivity contribution in [1.82, 2.24) is 14.9 Å². The predicted octanol–water partition coefficient (Wildman–Crippen LogP) is 3.37. The minimum Gasteiger partial charge on any atom is -0.306 e. The van der Waals surface area contributed by atoms with Gasteiger partial charge in [0.05, 0.1) is 10.6 Å². The minimum atomic E-state index is 0.0129. The summed E-state index contributed by atoms with van der Waals surface area (Å²) in [5.41, 5.74) is 4.42. The van der Waals surface area contributed by atoms with Crippen LogP contribution in [0.15, 0.2) is 46.6 Å². The van der Waals surface area contributed by atoms with Crippen molar-refractivity contribution in [2.24, 2.45) is 0 Å². The summed E-state index contributed by atoms with van der Waals surface area (Å²) >= 11 is 1.59. The highest BCUT2D eigenvalue weighted by Crippen LogP contribution is 2.23. The van der Waals surface area contributed by atoms with Crippen LogP contribution < -0.4 is 5.56 Å². The highest BCUT2D eigenvalue weighted by molar-refractivity contribution is 7.13. The van der Waals surface area contributed by atoms with Gasteiger partial charge in [0.1, 0.15) is 0 Å². The third-order valence-electron chi connectivity index (χ3n) is 4.56. The second kappa shape index (κ2) is 6.34. The summed E-state index contributed by atoms with van der Waals surface area (Å²) in [7, 11) is 0. The van der Waals surface area contributed by atoms with E-state index in [1.807, 2.05) is 17.5 Å². The molecule has 4 rings (SSSR count). The van der Waals surface area contributed by atoms with Gasteiger partial charge >= 0.3 is 0 Å². The molecule has 1 aliphatic rings. The molecule has 1 N–H and O–H groups in total. The summed E-state index contributed by atoms with van der Waals surface area (Å²) in [6, 6.07) is 12.4. The van der Waals surface area contributed by atoms with Gasteiger partial charge in [-0.25, -0.2) is 4.98 Å². The van der Waals surface area contributed by atoms with Crippen LogP contribution in [-0.2, 0) is 19.5 Å². The Balaban J connectivity index is 1.62. The maximum atomic E-state index is 12.4. The molecule has 0 saturated heterocycles. The Hall–Kier alpha value is -2.24. The van der Waals surface area contributed by atoms with Crippen LogP contribution in [0.25, 0.3) is 10.7 Å². The zero-order chi connectivity index (χ0) is 16.5. The Labute approximate surface area is 144 Å². The van der Waals surface area contributed by atoms with Crippen molar-refractivity contribution in [2.75, 3.05) is 6.54 Å². The molecule has 0 fully saturated rings. The maximum absolute atomic E-state index is 12.4. The van der Waals surface area contributed by atoms with E-state index in [2.05, 4.69) is 41.1 Å². The van der Waals surface area contributed by atoms with Crippen LogP contribution in [0.5, 0.6) is 0 Å². The molecule has 0 saturated carbocycles. The Morgan fingerprint density at radius 3 is 2.92 bits per heavy atom. The molecule has 0 bridgehead atoms. The van der Waals surface area contributed by atoms with Crippen molar-refractivity contribution >= 4 is 11.3 Å². The van der Waals surface area contributed by atoms with Gasteiger partial charge < -0.3 is 4.98 Å². The average molecular weight is 337 g/mol. The number of H-pyrrole nitrogens is 1. The fourth-order valence-corrected chi connectivity index (χ4v) is 3.86. The van der Waals surface area contributed by atoms with Crippen LogP contribution in [0.2, 0.25) is 0 Å². The normalized spacial score (nSPS) is 14.5. The predicted molar refractivity (Wildman–Crippen MR) is 97.2 cm³/mol. The molecular weight excluding hydrogens is 318 g/mol. The first-order chi connectivity index (χ1) is 11.7. The molecule has 3 aromatic rings. The van der Waals surface area contributed by atoms with Crippen molar-refractivity contribution in [3.05, 3.63) is 74.5 Å². The van der Waals surface area contributed by atoms with E-state index in [-0.39, 0.29) is 5.56 Å². The van der Waals surface area contributed by atoms with Crippen LogP contribution in [0.3, 0.4) is 0 Å². The second-order valence-electron chi connectivity index (χ2n) is 6.20. The number of fused-ring (bicyclic) bond motifs is 1. The van der Waals surface area contributed by atoms with Gasteiger partial charge in [0.15, 0.2) is 5.82 Å². The SMILES string of the molecule is Cc1ccccc1CN1CCc2c(nc(-c3cccs3)[nH]c2=O)C1. The monoisotopic (exact) mass is 337 g/mol. The minimum absolute atomic E-state index is 0.0129. The van der Waals surface area contributed by atoms with E-state index in [9.17, 15) is 4.79 Å². The quantitative estimate of drug-likeness (QED) is 0.797. The van der Waals surface area contributed by atoms with Crippen LogP contribution in [0.4, 0.5) is 0 Å². The summed E-state index contributed by atoms with van der Waals surface area (Å²) in [5.74, 6) is 0.687. The molecule has 4 nitrogen and oxygen atoms in total. The second-order valence-corrected chi connectivity index (χ2v) is 7.15. The first-order valence-corrected chi connectivity index (χ1v) is 9.01. The third kappa shape index (κ3) is 2.92. The van der Waals surface area contributed by atoms with E-state index in [1.165, 1.54) is 11.1 Å². The zero-order valence-electron chi connectivity index (χ0n) is 13.6. The summed E-state index contributed by atoms with van der Waals surface area (Å²) in [6.07, 6.45) is 0.758. The molecule has 0 spiro atoms. The number of hydrogen-bond donors (Lipinski definition) is 1. The van der Waals surface area contributed by atoms with E-state index in [4.69, 9.17) is 4.98 Å². The van der Waals surface area contributed by atoms with Gasteiger partial charge in [0.2, 0.25) is 0 Å². The Morgan fingerprint density at radius 2 is 2.12 bits per heavy atom. The fraction of sp³-hybridized carbons (Fsp3) is 0.263. The molecule has 0 atom stereocenters. The molecule has 2 aromatic heterocycles. The third-order valence-corrected chi connectivity index (χ3v) is 5.44. The number of nitrogens with zero attached hydrogens (tertiary/aromatic N) is 2. The van der Waals surface area contributed by atoms with E-state index in [0.29, 0.717) is 5.82 Å². The number of aromatic nitrogens is 2. The molecule has 122 valence electrons. The summed E-state index contributed by atoms with van der Waals surface area (Å²) in [6.45, 7) is 4.66. The van der Waals surface area contributed by atoms with Crippen molar-refractivity contribution in [2.45, 2.75) is 26.4 Å². The Kier molecular flexibility index (Phi) is 4.04. The van der Waals surface area contributed by atoms with Crippen LogP contribution >= 0.6 is 11.3 Å². The zero-order valence-corrected chi connectivity index (χ0v) is 14.4. The number of nitrogens with one attached hydrogen (secondary N) is 1. The fourth-order valence-electron chi connectivity index (χ4n) is 3.19. The lowest BCUT2D eigenvalue weighted by Gasteiger charge is -2.28. The number of benzene rings is 1. The number of aromatic amines is 1. The van der Waals surface area contributed by atoms with E-state index in [0.717, 1.165) is 42.2 Å². The van der Waals surface area contributed by atoms with Gasteiger partial charge in [0, 0.05) is 25.2 Å². The highest BCUT2D eigenvalue weighted by atomic mass is 32.1. The van der Waals surface area contributed by atoms with Crippen LogP contribution in [0.1, 0.15) is 22.4 Å². The average Bonchev–Trinajstić information content (AvgIpc) is 3.11. The summed E-state index contributed by atoms with van der Waals surface area (Å²) in [4.78, 5) is 23.4. The van der Waals surface area contributed by atoms with Gasteiger partial charge in [0.25, 0.3) is 5.56 Å². The van der Waals surface area contributed by atoms with Crippen molar-refractivity contribution in [3.63, 3.8) is 0 Å². The van der Waals surface area contributed by atoms with Crippen LogP contribution in [-0.4, -0.2) is 21.4 Å². The molecule has 0 aliphatic carbocycles. The smallest absolute Gasteiger partial charge is 0.254 e. The number of thiophene rings is 1. The first kappa shape index (κ1) is 15.3. The molecule has 0 unspecified atom stereocenters. The molecule has 1 aliphatic heterocycles. The Bertz CT molecular complexity index is 915. The van der Waals surface area contributed by atoms with Gasteiger partial charge in [-0.1, -0.05) is 30.3 Å². The van der Waals surface area contributed by atoms with E-state index in [1.54, 1.807) is 11.3 Å². The van der Waals surface area contributed by atoms with Gasteiger partial charge in [-0.15, -0.1) is 11.3 Å². The van der Waals surface area contributed by atoms with Crippen molar-refractivity contribution < 1.29 is 0 Å². The first-order valence-electron chi connectivity index (χ1n) is 8.13.